The van der Waals surface area contributed by atoms with Crippen molar-refractivity contribution in [1.29, 1.82) is 0 Å². The molecule has 1 rings (SSSR count). The van der Waals surface area contributed by atoms with E-state index in [0.29, 0.717) is 12.2 Å². The maximum absolute atomic E-state index is 12.1. The van der Waals surface area contributed by atoms with Crippen LogP contribution in [0.3, 0.4) is 0 Å². The lowest BCUT2D eigenvalue weighted by atomic mass is 10.0. The third-order valence-electron chi connectivity index (χ3n) is 4.36. The molecule has 5 nitrogen and oxygen atoms in total. The highest BCUT2D eigenvalue weighted by Crippen LogP contribution is 2.15. The minimum absolute atomic E-state index is 0.276. The van der Waals surface area contributed by atoms with E-state index < -0.39 is 10.4 Å². The van der Waals surface area contributed by atoms with E-state index in [1.54, 1.807) is 0 Å². The van der Waals surface area contributed by atoms with Gasteiger partial charge in [-0.15, -0.1) is 0 Å². The molecule has 0 radical (unpaired) electrons. The summed E-state index contributed by atoms with van der Waals surface area (Å²) in [4.78, 5) is 13.5. The van der Waals surface area contributed by atoms with Gasteiger partial charge in [0, 0.05) is 22.9 Å². The number of rotatable bonds is 13. The summed E-state index contributed by atoms with van der Waals surface area (Å²) in [6.45, 7) is 2.26. The summed E-state index contributed by atoms with van der Waals surface area (Å²) in [5, 5.41) is 0. The van der Waals surface area contributed by atoms with E-state index in [1.807, 2.05) is 12.1 Å². The molecule has 0 N–H and O–H groups in total. The Balaban J connectivity index is 0.00000105. The molecule has 0 saturated carbocycles. The molecular weight excluding hydrogens is 396 g/mol. The van der Waals surface area contributed by atoms with Crippen molar-refractivity contribution < 1.29 is 21.9 Å². The molecule has 0 amide bonds. The zero-order chi connectivity index (χ0) is 21.4. The quantitative estimate of drug-likeness (QED) is 0.142. The number of hydrogen-bond acceptors (Lipinski definition) is 5. The van der Waals surface area contributed by atoms with E-state index >= 15 is 0 Å². The van der Waals surface area contributed by atoms with Crippen molar-refractivity contribution in [3.63, 3.8) is 0 Å². The molecule has 0 aliphatic heterocycles. The third-order valence-corrected chi connectivity index (χ3v) is 5.98. The number of carbonyl (C=O) groups excluding carboxylic acids is 1. The summed E-state index contributed by atoms with van der Waals surface area (Å²) in [6, 6.07) is 8.20. The molecule has 0 atom stereocenters. The summed E-state index contributed by atoms with van der Waals surface area (Å²) >= 11 is 0. The predicted octanol–water partition coefficient (Wildman–Crippen LogP) is 5.12. The smallest absolute Gasteiger partial charge is 0.217 e. The lowest BCUT2D eigenvalue weighted by molar-refractivity contribution is 0.0979. The zero-order valence-electron chi connectivity index (χ0n) is 17.7. The molecule has 0 bridgehead atoms. The fourth-order valence-corrected chi connectivity index (χ4v) is 3.33. The normalized spacial score (nSPS) is 11.2. The molecule has 0 aliphatic rings. The average molecular weight is 433 g/mol. The number of Topliss-reactive ketones (excluding diaryl/α,β-unsaturated/α-hetero) is 1. The highest BCUT2D eigenvalue weighted by molar-refractivity contribution is 7.95. The fourth-order valence-electron chi connectivity index (χ4n) is 2.65. The van der Waals surface area contributed by atoms with E-state index in [2.05, 4.69) is 35.8 Å². The van der Waals surface area contributed by atoms with E-state index in [1.165, 1.54) is 56.3 Å². The molecule has 0 unspecified atom stereocenters. The van der Waals surface area contributed by atoms with Crippen molar-refractivity contribution in [3.8, 4) is 0 Å². The Kier molecular flexibility index (Phi) is 15.5. The second-order valence-electron chi connectivity index (χ2n) is 6.92. The highest BCUT2D eigenvalue weighted by Gasteiger charge is 2.10. The van der Waals surface area contributed by atoms with Gasteiger partial charge in [0.25, 0.3) is 0 Å². The van der Waals surface area contributed by atoms with Crippen LogP contribution in [-0.4, -0.2) is 38.4 Å². The average Bonchev–Trinajstić information content (AvgIpc) is 2.66. The number of unbranched alkanes of at least 4 members (excludes halogenated alkanes) is 8. The summed E-state index contributed by atoms with van der Waals surface area (Å²) in [5.74, 6) is 0.307. The number of hydrogen-bond donors (Lipinski definition) is 0. The van der Waals surface area contributed by atoms with E-state index in [-0.39, 0.29) is 10.9 Å². The van der Waals surface area contributed by atoms with Gasteiger partial charge < -0.3 is 4.55 Å². The zero-order valence-corrected chi connectivity index (χ0v) is 19.4. The minimum atomic E-state index is -4.41. The molecule has 28 heavy (non-hydrogen) atoms. The maximum atomic E-state index is 12.1. The van der Waals surface area contributed by atoms with Crippen molar-refractivity contribution >= 4 is 27.1 Å². The highest BCUT2D eigenvalue weighted by atomic mass is 32.3. The first-order valence-electron chi connectivity index (χ1n) is 9.93. The van der Waals surface area contributed by atoms with Crippen molar-refractivity contribution in [2.45, 2.75) is 76.0 Å². The van der Waals surface area contributed by atoms with Crippen LogP contribution in [0.1, 0.15) is 81.5 Å². The lowest BCUT2D eigenvalue weighted by Crippen LogP contribution is -2.01. The molecule has 0 fully saturated rings. The Morgan fingerprint density at radius 1 is 0.929 bits per heavy atom. The van der Waals surface area contributed by atoms with E-state index in [9.17, 15) is 17.8 Å². The molecule has 7 heteroatoms. The first-order chi connectivity index (χ1) is 13.2. The second-order valence-corrected chi connectivity index (χ2v) is 10.2. The van der Waals surface area contributed by atoms with E-state index in [4.69, 9.17) is 0 Å². The number of carbonyl (C=O) groups is 1. The maximum Gasteiger partial charge on any atom is 0.217 e. The lowest BCUT2D eigenvalue weighted by Gasteiger charge is -2.03. The molecule has 0 aliphatic carbocycles. The molecular formula is C21H36O5S2. The summed E-state index contributed by atoms with van der Waals surface area (Å²) < 4.78 is 31.0. The molecule has 1 aromatic carbocycles. The summed E-state index contributed by atoms with van der Waals surface area (Å²) in [6.07, 6.45) is 16.8. The molecule has 0 aromatic heterocycles. The van der Waals surface area contributed by atoms with Gasteiger partial charge in [0.15, 0.2) is 10.7 Å². The van der Waals surface area contributed by atoms with Gasteiger partial charge >= 0.3 is 0 Å². The summed E-state index contributed by atoms with van der Waals surface area (Å²) in [7, 11) is -3.33. The fraction of sp³-hybridized carbons (Fsp3) is 0.667. The molecule has 0 saturated heterocycles. The van der Waals surface area contributed by atoms with Crippen molar-refractivity contribution in [2.24, 2.45) is 0 Å². The van der Waals surface area contributed by atoms with Crippen molar-refractivity contribution in [2.75, 3.05) is 19.6 Å². The van der Waals surface area contributed by atoms with Crippen LogP contribution in [0, 0.1) is 0 Å². The van der Waals surface area contributed by atoms with Crippen molar-refractivity contribution in [1.82, 2.24) is 0 Å². The van der Waals surface area contributed by atoms with Crippen LogP contribution >= 0.6 is 0 Å². The molecule has 1 aromatic rings. The van der Waals surface area contributed by atoms with Crippen LogP contribution in [0.15, 0.2) is 29.2 Å². The molecule has 162 valence electrons. The van der Waals surface area contributed by atoms with Crippen LogP contribution in [-0.2, 0) is 25.5 Å². The van der Waals surface area contributed by atoms with E-state index in [0.717, 1.165) is 19.1 Å². The van der Waals surface area contributed by atoms with Crippen LogP contribution in [0.5, 0.6) is 0 Å². The predicted molar refractivity (Wildman–Crippen MR) is 117 cm³/mol. The third kappa shape index (κ3) is 15.1. The minimum Gasteiger partial charge on any atom is -0.726 e. The first kappa shape index (κ1) is 27.1. The van der Waals surface area contributed by atoms with Gasteiger partial charge in [-0.1, -0.05) is 58.3 Å². The van der Waals surface area contributed by atoms with Crippen LogP contribution in [0.2, 0.25) is 0 Å². The molecule has 0 spiro atoms. The summed E-state index contributed by atoms with van der Waals surface area (Å²) in [5.41, 5.74) is 0.883. The standard InChI is InChI=1S/C20H33OS.CH4O4S/c1-4-5-6-7-8-9-10-11-12-13-20(21)18-14-16-19(17-15-18)22(2)3;1-5-6(2,3)4/h14-17H,4-13H2,1-3H3;1H3,(H,2,3,4)/q+1;/p-1. The topological polar surface area (TPSA) is 83.5 Å². The Morgan fingerprint density at radius 2 is 1.36 bits per heavy atom. The van der Waals surface area contributed by atoms with Crippen LogP contribution in [0.25, 0.3) is 0 Å². The Hall–Kier alpha value is -0.890. The van der Waals surface area contributed by atoms with Gasteiger partial charge in [-0.3, -0.25) is 8.98 Å². The van der Waals surface area contributed by atoms with Gasteiger partial charge in [-0.2, -0.15) is 0 Å². The van der Waals surface area contributed by atoms with Gasteiger partial charge in [-0.05, 0) is 30.7 Å². The number of ketones is 1. The Morgan fingerprint density at radius 3 is 1.75 bits per heavy atom. The van der Waals surface area contributed by atoms with Gasteiger partial charge in [0.1, 0.15) is 12.5 Å². The van der Waals surface area contributed by atoms with Gasteiger partial charge in [-0.25, -0.2) is 8.42 Å². The SMILES string of the molecule is CCCCCCCCCCCC(=O)c1ccc([S+](C)C)cc1.COS(=O)(=O)[O-]. The number of benzene rings is 1. The van der Waals surface area contributed by atoms with Crippen LogP contribution in [0.4, 0.5) is 0 Å². The van der Waals surface area contributed by atoms with Crippen LogP contribution < -0.4 is 0 Å². The molecule has 0 heterocycles. The first-order valence-corrected chi connectivity index (χ1v) is 13.3. The second kappa shape index (κ2) is 16.0. The monoisotopic (exact) mass is 432 g/mol. The Bertz CT molecular complexity index is 625. The van der Waals surface area contributed by atoms with Gasteiger partial charge in [0.05, 0.1) is 7.11 Å². The van der Waals surface area contributed by atoms with Crippen molar-refractivity contribution in [3.05, 3.63) is 29.8 Å². The van der Waals surface area contributed by atoms with Gasteiger partial charge in [0.2, 0.25) is 10.4 Å². The largest absolute Gasteiger partial charge is 0.726 e. The Labute approximate surface area is 174 Å².